The van der Waals surface area contributed by atoms with E-state index < -0.39 is 5.60 Å². The Morgan fingerprint density at radius 3 is 2.29 bits per heavy atom. The van der Waals surface area contributed by atoms with Crippen LogP contribution < -0.4 is 5.32 Å². The third-order valence-corrected chi connectivity index (χ3v) is 2.81. The van der Waals surface area contributed by atoms with Crippen LogP contribution in [-0.4, -0.2) is 43.2 Å². The summed E-state index contributed by atoms with van der Waals surface area (Å²) in [6.45, 7) is 6.91. The van der Waals surface area contributed by atoms with Crippen molar-refractivity contribution in [3.05, 3.63) is 0 Å². The van der Waals surface area contributed by atoms with Crippen molar-refractivity contribution in [3.63, 3.8) is 0 Å². The molecule has 1 amide bonds. The Bertz CT molecular complexity index is 275. The smallest absolute Gasteiger partial charge is 0.407 e. The zero-order valence-corrected chi connectivity index (χ0v) is 10.7. The first-order valence-corrected chi connectivity index (χ1v) is 6.17. The summed E-state index contributed by atoms with van der Waals surface area (Å²) in [5.74, 6) is 0. The molecular formula is C12H21NO4. The van der Waals surface area contributed by atoms with Gasteiger partial charge in [0.1, 0.15) is 11.7 Å². The Morgan fingerprint density at radius 2 is 1.82 bits per heavy atom. The van der Waals surface area contributed by atoms with Gasteiger partial charge in [-0.2, -0.15) is 0 Å². The Morgan fingerprint density at radius 1 is 1.18 bits per heavy atom. The van der Waals surface area contributed by atoms with Crippen LogP contribution in [0, 0.1) is 0 Å². The Balaban J connectivity index is 1.68. The number of ether oxygens (including phenoxy) is 3. The maximum atomic E-state index is 11.5. The molecule has 2 saturated heterocycles. The average molecular weight is 243 g/mol. The van der Waals surface area contributed by atoms with E-state index in [2.05, 4.69) is 5.32 Å². The Hall–Kier alpha value is -0.810. The highest BCUT2D eigenvalue weighted by Crippen LogP contribution is 2.25. The number of epoxide rings is 1. The van der Waals surface area contributed by atoms with E-state index in [0.717, 1.165) is 19.4 Å². The molecule has 0 aliphatic carbocycles. The van der Waals surface area contributed by atoms with Crippen molar-refractivity contribution in [1.29, 1.82) is 0 Å². The van der Waals surface area contributed by atoms with Gasteiger partial charge in [-0.05, 0) is 33.6 Å². The van der Waals surface area contributed by atoms with Crippen LogP contribution in [0.25, 0.3) is 0 Å². The van der Waals surface area contributed by atoms with Crippen LogP contribution in [0.1, 0.15) is 33.6 Å². The number of nitrogens with one attached hydrogen (secondary N) is 1. The third kappa shape index (κ3) is 4.16. The summed E-state index contributed by atoms with van der Waals surface area (Å²) in [6.07, 6.45) is 1.99. The summed E-state index contributed by atoms with van der Waals surface area (Å²) in [5, 5.41) is 2.83. The lowest BCUT2D eigenvalue weighted by atomic mass is 10.0. The van der Waals surface area contributed by atoms with Gasteiger partial charge in [0.15, 0.2) is 0 Å². The van der Waals surface area contributed by atoms with Gasteiger partial charge in [-0.25, -0.2) is 4.79 Å². The number of rotatable bonds is 2. The zero-order valence-electron chi connectivity index (χ0n) is 10.7. The SMILES string of the molecule is CC(C)(C)OC(=O)NC1CCC(C2CO2)OC1. The molecule has 2 aliphatic rings. The van der Waals surface area contributed by atoms with Crippen molar-refractivity contribution in [2.75, 3.05) is 13.2 Å². The number of hydrogen-bond acceptors (Lipinski definition) is 4. The first-order chi connectivity index (χ1) is 7.94. The first kappa shape index (κ1) is 12.6. The second-order valence-corrected chi connectivity index (χ2v) is 5.66. The molecule has 1 N–H and O–H groups in total. The normalized spacial score (nSPS) is 33.0. The molecule has 2 rings (SSSR count). The van der Waals surface area contributed by atoms with E-state index in [-0.39, 0.29) is 24.3 Å². The summed E-state index contributed by atoms with van der Waals surface area (Å²) in [6, 6.07) is 0.0554. The second-order valence-electron chi connectivity index (χ2n) is 5.66. The van der Waals surface area contributed by atoms with E-state index in [4.69, 9.17) is 14.2 Å². The molecule has 0 aromatic carbocycles. The molecule has 17 heavy (non-hydrogen) atoms. The molecule has 98 valence electrons. The lowest BCUT2D eigenvalue weighted by molar-refractivity contribution is -0.0205. The molecule has 0 aromatic rings. The maximum Gasteiger partial charge on any atom is 0.407 e. The van der Waals surface area contributed by atoms with Crippen molar-refractivity contribution in [2.45, 2.75) is 57.5 Å². The fourth-order valence-electron chi connectivity index (χ4n) is 1.92. The molecule has 2 heterocycles. The fraction of sp³-hybridized carbons (Fsp3) is 0.917. The molecule has 0 aromatic heterocycles. The molecule has 3 unspecified atom stereocenters. The lowest BCUT2D eigenvalue weighted by Crippen LogP contribution is -2.45. The molecule has 5 nitrogen and oxygen atoms in total. The summed E-state index contributed by atoms with van der Waals surface area (Å²) < 4.78 is 16.0. The van der Waals surface area contributed by atoms with Crippen LogP contribution in [-0.2, 0) is 14.2 Å². The van der Waals surface area contributed by atoms with Crippen LogP contribution in [0.3, 0.4) is 0 Å². The fourth-order valence-corrected chi connectivity index (χ4v) is 1.92. The molecule has 2 aliphatic heterocycles. The standard InChI is InChI=1S/C12H21NO4/c1-12(2,3)17-11(14)13-8-4-5-9(15-6-8)10-7-16-10/h8-10H,4-7H2,1-3H3,(H,13,14). The predicted molar refractivity (Wildman–Crippen MR) is 61.9 cm³/mol. The minimum absolute atomic E-state index is 0.0554. The zero-order chi connectivity index (χ0) is 12.5. The summed E-state index contributed by atoms with van der Waals surface area (Å²) in [4.78, 5) is 11.5. The maximum absolute atomic E-state index is 11.5. The van der Waals surface area contributed by atoms with Crippen LogP contribution in [0.5, 0.6) is 0 Å². The number of carbonyl (C=O) groups excluding carboxylic acids is 1. The number of carbonyl (C=O) groups is 1. The largest absolute Gasteiger partial charge is 0.444 e. The van der Waals surface area contributed by atoms with E-state index in [9.17, 15) is 4.79 Å². The summed E-state index contributed by atoms with van der Waals surface area (Å²) in [7, 11) is 0. The number of hydrogen-bond donors (Lipinski definition) is 1. The molecule has 2 fully saturated rings. The van der Waals surface area contributed by atoms with Crippen molar-refractivity contribution in [1.82, 2.24) is 5.32 Å². The van der Waals surface area contributed by atoms with Crippen molar-refractivity contribution in [3.8, 4) is 0 Å². The van der Waals surface area contributed by atoms with Gasteiger partial charge >= 0.3 is 6.09 Å². The molecule has 0 saturated carbocycles. The van der Waals surface area contributed by atoms with E-state index in [0.29, 0.717) is 6.61 Å². The first-order valence-electron chi connectivity index (χ1n) is 6.17. The minimum atomic E-state index is -0.454. The highest BCUT2D eigenvalue weighted by atomic mass is 16.6. The molecule has 0 spiro atoms. The van der Waals surface area contributed by atoms with Crippen LogP contribution >= 0.6 is 0 Å². The second kappa shape index (κ2) is 4.82. The van der Waals surface area contributed by atoms with Crippen LogP contribution in [0.4, 0.5) is 4.79 Å². The molecule has 0 bridgehead atoms. The quantitative estimate of drug-likeness (QED) is 0.746. The summed E-state index contributed by atoms with van der Waals surface area (Å²) >= 11 is 0. The Kier molecular flexibility index (Phi) is 3.58. The molecular weight excluding hydrogens is 222 g/mol. The van der Waals surface area contributed by atoms with Gasteiger partial charge in [0, 0.05) is 0 Å². The molecule has 5 heteroatoms. The average Bonchev–Trinajstić information content (AvgIpc) is 2.99. The van der Waals surface area contributed by atoms with Crippen molar-refractivity contribution < 1.29 is 19.0 Å². The highest BCUT2D eigenvalue weighted by Gasteiger charge is 2.37. The topological polar surface area (TPSA) is 60.1 Å². The van der Waals surface area contributed by atoms with Gasteiger partial charge in [0.25, 0.3) is 0 Å². The number of amides is 1. The summed E-state index contributed by atoms with van der Waals surface area (Å²) in [5.41, 5.74) is -0.454. The minimum Gasteiger partial charge on any atom is -0.444 e. The van der Waals surface area contributed by atoms with E-state index in [1.54, 1.807) is 0 Å². The Labute approximate surface area is 102 Å². The molecule has 0 radical (unpaired) electrons. The van der Waals surface area contributed by atoms with E-state index in [1.165, 1.54) is 0 Å². The van der Waals surface area contributed by atoms with Gasteiger partial charge in [-0.15, -0.1) is 0 Å². The van der Waals surface area contributed by atoms with Gasteiger partial charge in [0.05, 0.1) is 25.4 Å². The van der Waals surface area contributed by atoms with E-state index >= 15 is 0 Å². The van der Waals surface area contributed by atoms with Gasteiger partial charge in [0.2, 0.25) is 0 Å². The van der Waals surface area contributed by atoms with Crippen LogP contribution in [0.15, 0.2) is 0 Å². The van der Waals surface area contributed by atoms with Crippen LogP contribution in [0.2, 0.25) is 0 Å². The molecule has 3 atom stereocenters. The van der Waals surface area contributed by atoms with Gasteiger partial charge < -0.3 is 19.5 Å². The lowest BCUT2D eigenvalue weighted by Gasteiger charge is -2.29. The predicted octanol–water partition coefficient (Wildman–Crippen LogP) is 1.46. The monoisotopic (exact) mass is 243 g/mol. The van der Waals surface area contributed by atoms with Gasteiger partial charge in [-0.1, -0.05) is 0 Å². The third-order valence-electron chi connectivity index (χ3n) is 2.81. The van der Waals surface area contributed by atoms with E-state index in [1.807, 2.05) is 20.8 Å². The van der Waals surface area contributed by atoms with Crippen molar-refractivity contribution >= 4 is 6.09 Å². The van der Waals surface area contributed by atoms with Gasteiger partial charge in [-0.3, -0.25) is 0 Å². The highest BCUT2D eigenvalue weighted by molar-refractivity contribution is 5.68. The van der Waals surface area contributed by atoms with Crippen molar-refractivity contribution in [2.24, 2.45) is 0 Å². The number of alkyl carbamates (subject to hydrolysis) is 1.